The molecule has 2 unspecified atom stereocenters. The predicted octanol–water partition coefficient (Wildman–Crippen LogP) is 2.57. The Labute approximate surface area is 187 Å². The van der Waals surface area contributed by atoms with Gasteiger partial charge in [0, 0.05) is 0 Å². The van der Waals surface area contributed by atoms with Crippen molar-refractivity contribution < 1.29 is 9.59 Å². The molecule has 2 rings (SSSR count). The predicted molar refractivity (Wildman–Crippen MR) is 121 cm³/mol. The van der Waals surface area contributed by atoms with E-state index in [1.165, 1.54) is 0 Å². The van der Waals surface area contributed by atoms with Gasteiger partial charge in [-0.05, 0) is 0 Å². The average Bonchev–Trinajstić information content (AvgIpc) is 2.66. The van der Waals surface area contributed by atoms with Crippen LogP contribution in [0.25, 0.3) is 0 Å². The number of amides is 2. The van der Waals surface area contributed by atoms with Crippen molar-refractivity contribution in [2.45, 2.75) is 22.3 Å². The number of rotatable bonds is 8. The van der Waals surface area contributed by atoms with E-state index in [4.69, 9.17) is 32.4 Å². The van der Waals surface area contributed by atoms with E-state index in [1.54, 1.807) is 0 Å². The van der Waals surface area contributed by atoms with Crippen molar-refractivity contribution in [3.8, 4) is 0 Å². The summed E-state index contributed by atoms with van der Waals surface area (Å²) in [6, 6.07) is 19.8. The van der Waals surface area contributed by atoms with Crippen LogP contribution >= 0.6 is 20.9 Å². The SMILES string of the molecule is NC(=O)C[CH]([Ge]=[S])c1ccccc1.NC(=O)C[CH]([Ge]=[S])c1ccccc1.[SH-]. The molecule has 2 atom stereocenters. The topological polar surface area (TPSA) is 86.2 Å². The van der Waals surface area contributed by atoms with Gasteiger partial charge in [-0.3, -0.25) is 0 Å². The first-order chi connectivity index (χ1) is 12.5. The van der Waals surface area contributed by atoms with E-state index < -0.39 is 27.6 Å². The quantitative estimate of drug-likeness (QED) is 0.307. The summed E-state index contributed by atoms with van der Waals surface area (Å²) >= 11 is -1.03. The van der Waals surface area contributed by atoms with Crippen LogP contribution in [0.4, 0.5) is 0 Å². The van der Waals surface area contributed by atoms with Crippen LogP contribution < -0.4 is 11.5 Å². The Morgan fingerprint density at radius 3 is 1.26 bits per heavy atom. The van der Waals surface area contributed by atoms with Crippen LogP contribution in [0.15, 0.2) is 60.7 Å². The van der Waals surface area contributed by atoms with Gasteiger partial charge in [-0.25, -0.2) is 0 Å². The van der Waals surface area contributed by atoms with Gasteiger partial charge < -0.3 is 13.5 Å². The third-order valence-electron chi connectivity index (χ3n) is 3.50. The molecule has 2 amide bonds. The molecule has 9 heteroatoms. The molecule has 0 bridgehead atoms. The third-order valence-corrected chi connectivity index (χ3v) is 9.90. The molecule has 0 aromatic heterocycles. The molecule has 27 heavy (non-hydrogen) atoms. The van der Waals surface area contributed by atoms with Crippen LogP contribution in [-0.2, 0) is 23.1 Å². The van der Waals surface area contributed by atoms with Crippen LogP contribution in [0.2, 0.25) is 0 Å². The Bertz CT molecular complexity index is 670. The molecule has 2 aromatic rings. The van der Waals surface area contributed by atoms with E-state index in [9.17, 15) is 9.59 Å². The summed E-state index contributed by atoms with van der Waals surface area (Å²) in [7, 11) is 10.2. The molecule has 0 aliphatic rings. The van der Waals surface area contributed by atoms with Gasteiger partial charge in [-0.1, -0.05) is 0 Å². The van der Waals surface area contributed by atoms with Crippen molar-refractivity contribution in [2.24, 2.45) is 11.5 Å². The summed E-state index contributed by atoms with van der Waals surface area (Å²) in [6.07, 6.45) is 0.793. The Kier molecular flexibility index (Phi) is 14.8. The van der Waals surface area contributed by atoms with E-state index >= 15 is 0 Å². The molecule has 2 aromatic carbocycles. The number of benzene rings is 2. The Morgan fingerprint density at radius 2 is 1.04 bits per heavy atom. The third kappa shape index (κ3) is 11.0. The summed E-state index contributed by atoms with van der Waals surface area (Å²) in [5.74, 6) is -0.523. The second-order valence-electron chi connectivity index (χ2n) is 5.50. The fourth-order valence-corrected chi connectivity index (χ4v) is 7.08. The fraction of sp³-hybridized carbons (Fsp3) is 0.222. The normalized spacial score (nSPS) is 11.6. The zero-order valence-electron chi connectivity index (χ0n) is 14.6. The van der Waals surface area contributed by atoms with Gasteiger partial charge in [0.15, 0.2) is 0 Å². The van der Waals surface area contributed by atoms with Crippen LogP contribution in [0, 0.1) is 0 Å². The van der Waals surface area contributed by atoms with Crippen LogP contribution in [-0.4, -0.2) is 39.4 Å². The van der Waals surface area contributed by atoms with Gasteiger partial charge in [0.2, 0.25) is 0 Å². The minimum absolute atomic E-state index is 0. The van der Waals surface area contributed by atoms with Crippen molar-refractivity contribution >= 4 is 73.8 Å². The van der Waals surface area contributed by atoms with Gasteiger partial charge in [0.1, 0.15) is 0 Å². The average molecular weight is 539 g/mol. The number of hydrogen-bond donors (Lipinski definition) is 2. The molecular weight excluding hydrogens is 518 g/mol. The van der Waals surface area contributed by atoms with E-state index in [-0.39, 0.29) is 34.8 Å². The standard InChI is InChI=1S/2C9H10GeNOS.H2S/c2*11-9(12)6-8(10-13)7-4-2-1-3-5-7;/h2*1-5,8H,6H2,(H2,11,12);1H2/p-1. The van der Waals surface area contributed by atoms with Gasteiger partial charge in [0.05, 0.1) is 0 Å². The van der Waals surface area contributed by atoms with Gasteiger partial charge >= 0.3 is 175 Å². The van der Waals surface area contributed by atoms with E-state index in [0.29, 0.717) is 12.8 Å². The molecule has 0 heterocycles. The Balaban J connectivity index is 0.000000483. The summed E-state index contributed by atoms with van der Waals surface area (Å²) in [5.41, 5.74) is 12.6. The molecule has 142 valence electrons. The summed E-state index contributed by atoms with van der Waals surface area (Å²) in [4.78, 5) is 21.5. The van der Waals surface area contributed by atoms with E-state index in [1.807, 2.05) is 60.7 Å². The molecule has 2 radical (unpaired) electrons. The number of carbonyl (C=O) groups excluding carboxylic acids is 2. The maximum atomic E-state index is 10.7. The maximum absolute atomic E-state index is 10.7. The van der Waals surface area contributed by atoms with Crippen molar-refractivity contribution in [1.29, 1.82) is 0 Å². The number of hydrogen-bond acceptors (Lipinski definition) is 5. The van der Waals surface area contributed by atoms with Crippen LogP contribution in [0.5, 0.6) is 0 Å². The molecule has 0 saturated carbocycles. The molecular formula is C18H21Ge2N2O2S3-. The van der Waals surface area contributed by atoms with Gasteiger partial charge in [-0.15, -0.1) is 0 Å². The Morgan fingerprint density at radius 1 is 0.741 bits per heavy atom. The maximum Gasteiger partial charge on any atom is -0.813 e. The fourth-order valence-electron chi connectivity index (χ4n) is 2.23. The van der Waals surface area contributed by atoms with Crippen molar-refractivity contribution in [3.05, 3.63) is 71.8 Å². The molecule has 4 nitrogen and oxygen atoms in total. The minimum atomic E-state index is -0.514. The number of carbonyl (C=O) groups is 2. The number of nitrogens with two attached hydrogens (primary N) is 2. The number of primary amides is 2. The van der Waals surface area contributed by atoms with Crippen molar-refractivity contribution in [3.63, 3.8) is 0 Å². The molecule has 0 saturated heterocycles. The smallest absolute Gasteiger partial charge is 0.813 e. The van der Waals surface area contributed by atoms with Crippen LogP contribution in [0.3, 0.4) is 0 Å². The largest absolute Gasteiger partial charge is 0.813 e. The zero-order chi connectivity index (χ0) is 19.4. The van der Waals surface area contributed by atoms with Crippen LogP contribution in [0.1, 0.15) is 33.5 Å². The first-order valence-corrected chi connectivity index (χ1v) is 16.3. The first-order valence-electron chi connectivity index (χ1n) is 7.89. The monoisotopic (exact) mass is 541 g/mol. The van der Waals surface area contributed by atoms with E-state index in [2.05, 4.69) is 0 Å². The molecule has 0 aliphatic heterocycles. The summed E-state index contributed by atoms with van der Waals surface area (Å²) < 4.78 is 0.433. The van der Waals surface area contributed by atoms with Gasteiger partial charge in [0.25, 0.3) is 0 Å². The minimum Gasteiger partial charge on any atom is -0.813 e. The second-order valence-corrected chi connectivity index (χ2v) is 11.9. The Hall–Kier alpha value is -0.744. The van der Waals surface area contributed by atoms with E-state index in [0.717, 1.165) is 11.1 Å². The number of thiol groups is 1. The molecule has 0 fully saturated rings. The zero-order valence-corrected chi connectivity index (χ0v) is 21.3. The summed E-state index contributed by atoms with van der Waals surface area (Å²) in [5, 5.41) is 0. The van der Waals surface area contributed by atoms with Crippen molar-refractivity contribution in [2.75, 3.05) is 0 Å². The summed E-state index contributed by atoms with van der Waals surface area (Å²) in [6.45, 7) is 0. The molecule has 0 spiro atoms. The second kappa shape index (κ2) is 15.2. The molecule has 0 aliphatic carbocycles. The molecule has 4 N–H and O–H groups in total. The van der Waals surface area contributed by atoms with Gasteiger partial charge in [-0.2, -0.15) is 0 Å². The first kappa shape index (κ1) is 26.3. The van der Waals surface area contributed by atoms with Crippen molar-refractivity contribution in [1.82, 2.24) is 0 Å².